The van der Waals surface area contributed by atoms with Gasteiger partial charge in [-0.2, -0.15) is 0 Å². The molecule has 0 aliphatic rings. The van der Waals surface area contributed by atoms with Crippen LogP contribution in [-0.2, 0) is 14.6 Å². The van der Waals surface area contributed by atoms with Crippen molar-refractivity contribution in [2.24, 2.45) is 0 Å². The first-order valence-corrected chi connectivity index (χ1v) is 10.2. The van der Waals surface area contributed by atoms with Gasteiger partial charge in [0.05, 0.1) is 17.2 Å². The predicted molar refractivity (Wildman–Crippen MR) is 102 cm³/mol. The van der Waals surface area contributed by atoms with Crippen LogP contribution in [0.25, 0.3) is 0 Å². The maximum absolute atomic E-state index is 12.3. The first kappa shape index (κ1) is 20.0. The highest BCUT2D eigenvalue weighted by atomic mass is 32.2. The molecule has 0 bridgehead atoms. The molecular formula is C20H25NO4S. The van der Waals surface area contributed by atoms with Crippen LogP contribution in [0.4, 0.5) is 0 Å². The van der Waals surface area contributed by atoms with E-state index in [0.717, 1.165) is 16.9 Å². The highest BCUT2D eigenvalue weighted by Gasteiger charge is 2.18. The molecule has 0 fully saturated rings. The van der Waals surface area contributed by atoms with Gasteiger partial charge in [-0.25, -0.2) is 8.42 Å². The number of sulfone groups is 1. The molecule has 2 rings (SSSR count). The summed E-state index contributed by atoms with van der Waals surface area (Å²) in [6.07, 6.45) is -0.0444. The molecule has 0 heterocycles. The molecule has 0 aliphatic carbocycles. The number of aryl methyl sites for hydroxylation is 2. The molecule has 2 aromatic rings. The largest absolute Gasteiger partial charge is 0.492 e. The molecule has 26 heavy (non-hydrogen) atoms. The van der Waals surface area contributed by atoms with Crippen LogP contribution in [0.15, 0.2) is 53.4 Å². The third-order valence-electron chi connectivity index (χ3n) is 4.11. The highest BCUT2D eigenvalue weighted by Crippen LogP contribution is 2.14. The van der Waals surface area contributed by atoms with Crippen molar-refractivity contribution in [3.63, 3.8) is 0 Å². The van der Waals surface area contributed by atoms with E-state index in [1.54, 1.807) is 31.3 Å². The molecule has 0 N–H and O–H groups in total. The quantitative estimate of drug-likeness (QED) is 0.711. The molecule has 0 saturated heterocycles. The Morgan fingerprint density at radius 3 is 2.08 bits per heavy atom. The molecule has 0 saturated carbocycles. The molecule has 0 aromatic heterocycles. The molecule has 2 aromatic carbocycles. The molecule has 0 atom stereocenters. The van der Waals surface area contributed by atoms with Gasteiger partial charge in [0.15, 0.2) is 9.84 Å². The normalized spacial score (nSPS) is 11.2. The van der Waals surface area contributed by atoms with Crippen molar-refractivity contribution in [2.45, 2.75) is 25.2 Å². The number of carbonyl (C=O) groups is 1. The summed E-state index contributed by atoms with van der Waals surface area (Å²) < 4.78 is 30.2. The molecule has 6 heteroatoms. The second-order valence-electron chi connectivity index (χ2n) is 6.36. The van der Waals surface area contributed by atoms with Gasteiger partial charge in [-0.05, 0) is 38.1 Å². The Kier molecular flexibility index (Phi) is 6.80. The average Bonchev–Trinajstić information content (AvgIpc) is 2.61. The number of benzene rings is 2. The van der Waals surface area contributed by atoms with Gasteiger partial charge in [0.2, 0.25) is 5.91 Å². The van der Waals surface area contributed by atoms with Gasteiger partial charge in [-0.15, -0.1) is 0 Å². The van der Waals surface area contributed by atoms with E-state index in [1.165, 1.54) is 4.90 Å². The second kappa shape index (κ2) is 8.85. The van der Waals surface area contributed by atoms with Crippen molar-refractivity contribution in [1.82, 2.24) is 4.90 Å². The maximum Gasteiger partial charge on any atom is 0.223 e. The number of nitrogens with zero attached hydrogens (tertiary/aromatic N) is 1. The fourth-order valence-electron chi connectivity index (χ4n) is 2.34. The summed E-state index contributed by atoms with van der Waals surface area (Å²) in [5.41, 5.74) is 2.15. The van der Waals surface area contributed by atoms with Crippen molar-refractivity contribution < 1.29 is 17.9 Å². The topological polar surface area (TPSA) is 63.7 Å². The lowest BCUT2D eigenvalue weighted by Crippen LogP contribution is -2.32. The van der Waals surface area contributed by atoms with Crippen LogP contribution >= 0.6 is 0 Å². The minimum Gasteiger partial charge on any atom is -0.492 e. The highest BCUT2D eigenvalue weighted by molar-refractivity contribution is 7.91. The third-order valence-corrected chi connectivity index (χ3v) is 5.84. The van der Waals surface area contributed by atoms with Crippen LogP contribution in [0.5, 0.6) is 5.75 Å². The SMILES string of the molecule is Cc1ccc(OCCN(C)C(=O)CCS(=O)(=O)c2ccc(C)cc2)cc1. The van der Waals surface area contributed by atoms with E-state index in [9.17, 15) is 13.2 Å². The molecule has 140 valence electrons. The van der Waals surface area contributed by atoms with Crippen molar-refractivity contribution in [2.75, 3.05) is 26.0 Å². The summed E-state index contributed by atoms with van der Waals surface area (Å²) in [4.78, 5) is 13.9. The van der Waals surface area contributed by atoms with Gasteiger partial charge >= 0.3 is 0 Å². The molecular weight excluding hydrogens is 350 g/mol. The van der Waals surface area contributed by atoms with Gasteiger partial charge in [-0.1, -0.05) is 35.4 Å². The van der Waals surface area contributed by atoms with Gasteiger partial charge in [-0.3, -0.25) is 4.79 Å². The molecule has 0 aliphatic heterocycles. The summed E-state index contributed by atoms with van der Waals surface area (Å²) in [5.74, 6) is 0.338. The zero-order chi connectivity index (χ0) is 19.2. The van der Waals surface area contributed by atoms with Crippen LogP contribution in [0.2, 0.25) is 0 Å². The van der Waals surface area contributed by atoms with Gasteiger partial charge in [0.1, 0.15) is 12.4 Å². The fraction of sp³-hybridized carbons (Fsp3) is 0.350. The van der Waals surface area contributed by atoms with Gasteiger partial charge in [0, 0.05) is 13.5 Å². The lowest BCUT2D eigenvalue weighted by Gasteiger charge is -2.17. The monoisotopic (exact) mass is 375 g/mol. The van der Waals surface area contributed by atoms with E-state index in [1.807, 2.05) is 38.1 Å². The molecule has 1 amide bonds. The van der Waals surface area contributed by atoms with Crippen LogP contribution in [0, 0.1) is 13.8 Å². The summed E-state index contributed by atoms with van der Waals surface area (Å²) >= 11 is 0. The Labute approximate surface area is 155 Å². The predicted octanol–water partition coefficient (Wildman–Crippen LogP) is 3.00. The number of rotatable bonds is 8. The summed E-state index contributed by atoms with van der Waals surface area (Å²) in [6.45, 7) is 4.65. The number of amides is 1. The van der Waals surface area contributed by atoms with E-state index in [4.69, 9.17) is 4.74 Å². The summed E-state index contributed by atoms with van der Waals surface area (Å²) in [6, 6.07) is 14.3. The molecule has 0 radical (unpaired) electrons. The van der Waals surface area contributed by atoms with Crippen molar-refractivity contribution in [1.29, 1.82) is 0 Å². The number of carbonyl (C=O) groups excluding carboxylic acids is 1. The van der Waals surface area contributed by atoms with Crippen LogP contribution in [0.3, 0.4) is 0 Å². The van der Waals surface area contributed by atoms with Gasteiger partial charge in [0.25, 0.3) is 0 Å². The Hall–Kier alpha value is -2.34. The Bertz CT molecular complexity index is 827. The first-order valence-electron chi connectivity index (χ1n) is 8.51. The Morgan fingerprint density at radius 2 is 1.50 bits per heavy atom. The van der Waals surface area contributed by atoms with E-state index in [-0.39, 0.29) is 23.0 Å². The van der Waals surface area contributed by atoms with Crippen LogP contribution < -0.4 is 4.74 Å². The Morgan fingerprint density at radius 1 is 0.962 bits per heavy atom. The minimum atomic E-state index is -3.45. The third kappa shape index (κ3) is 5.88. The lowest BCUT2D eigenvalue weighted by atomic mass is 10.2. The first-order chi connectivity index (χ1) is 12.3. The van der Waals surface area contributed by atoms with E-state index in [2.05, 4.69) is 0 Å². The van der Waals surface area contributed by atoms with Crippen LogP contribution in [0.1, 0.15) is 17.5 Å². The molecule has 0 unspecified atom stereocenters. The van der Waals surface area contributed by atoms with Crippen LogP contribution in [-0.4, -0.2) is 45.2 Å². The van der Waals surface area contributed by atoms with Crippen molar-refractivity contribution in [3.8, 4) is 5.75 Å². The minimum absolute atomic E-state index is 0.0444. The smallest absolute Gasteiger partial charge is 0.223 e. The Balaban J connectivity index is 1.79. The van der Waals surface area contributed by atoms with E-state index in [0.29, 0.717) is 13.2 Å². The number of hydrogen-bond donors (Lipinski definition) is 0. The number of ether oxygens (including phenoxy) is 1. The molecule has 0 spiro atoms. The number of likely N-dealkylation sites (N-methyl/N-ethyl adjacent to an activating group) is 1. The van der Waals surface area contributed by atoms with E-state index < -0.39 is 9.84 Å². The zero-order valence-electron chi connectivity index (χ0n) is 15.4. The molecule has 5 nitrogen and oxygen atoms in total. The average molecular weight is 375 g/mol. The van der Waals surface area contributed by atoms with Crippen molar-refractivity contribution >= 4 is 15.7 Å². The number of hydrogen-bond acceptors (Lipinski definition) is 4. The lowest BCUT2D eigenvalue weighted by molar-refractivity contribution is -0.129. The van der Waals surface area contributed by atoms with E-state index >= 15 is 0 Å². The van der Waals surface area contributed by atoms with Gasteiger partial charge < -0.3 is 9.64 Å². The second-order valence-corrected chi connectivity index (χ2v) is 8.47. The zero-order valence-corrected chi connectivity index (χ0v) is 16.3. The fourth-order valence-corrected chi connectivity index (χ4v) is 3.57. The summed E-state index contributed by atoms with van der Waals surface area (Å²) in [7, 11) is -1.80. The maximum atomic E-state index is 12.3. The van der Waals surface area contributed by atoms with Crippen molar-refractivity contribution in [3.05, 3.63) is 59.7 Å². The summed E-state index contributed by atoms with van der Waals surface area (Å²) in [5, 5.41) is 0. The standard InChI is InChI=1S/C20H25NO4S/c1-16-4-8-18(9-5-16)25-14-13-21(3)20(22)12-15-26(23,24)19-10-6-17(2)7-11-19/h4-11H,12-15H2,1-3H3.